The van der Waals surface area contributed by atoms with Crippen molar-refractivity contribution in [3.8, 4) is 0 Å². The predicted molar refractivity (Wildman–Crippen MR) is 149 cm³/mol. The highest BCUT2D eigenvalue weighted by molar-refractivity contribution is 6.07. The quantitative estimate of drug-likeness (QED) is 0.254. The Morgan fingerprint density at radius 3 is 2.24 bits per heavy atom. The third kappa shape index (κ3) is 3.11. The van der Waals surface area contributed by atoms with E-state index in [4.69, 9.17) is 13.8 Å². The number of anilines is 3. The van der Waals surface area contributed by atoms with Crippen molar-refractivity contribution < 1.29 is 8.83 Å². The van der Waals surface area contributed by atoms with Gasteiger partial charge >= 0.3 is 0 Å². The van der Waals surface area contributed by atoms with E-state index >= 15 is 0 Å². The molecule has 0 bridgehead atoms. The molecule has 174 valence electrons. The fourth-order valence-electron chi connectivity index (χ4n) is 5.23. The fourth-order valence-corrected chi connectivity index (χ4v) is 5.23. The minimum Gasteiger partial charge on any atom is -0.456 e. The van der Waals surface area contributed by atoms with Gasteiger partial charge in [-0.1, -0.05) is 48.5 Å². The van der Waals surface area contributed by atoms with Crippen molar-refractivity contribution in [3.63, 3.8) is 0 Å². The van der Waals surface area contributed by atoms with Crippen LogP contribution < -0.4 is 4.90 Å². The summed E-state index contributed by atoms with van der Waals surface area (Å²) in [7, 11) is 0. The number of benzene rings is 4. The molecule has 0 N–H and O–H groups in total. The van der Waals surface area contributed by atoms with Crippen molar-refractivity contribution in [1.29, 1.82) is 0 Å². The van der Waals surface area contributed by atoms with Crippen LogP contribution in [0.25, 0.3) is 54.8 Å². The molecule has 0 saturated carbocycles. The Kier molecular flexibility index (Phi) is 4.16. The van der Waals surface area contributed by atoms with Crippen LogP contribution in [0.4, 0.5) is 17.1 Å². The van der Waals surface area contributed by atoms with Gasteiger partial charge in [-0.15, -0.1) is 0 Å². The number of aromatic nitrogens is 2. The zero-order chi connectivity index (χ0) is 24.3. The topological polar surface area (TPSA) is 55.3 Å². The summed E-state index contributed by atoms with van der Waals surface area (Å²) in [6.45, 7) is 0. The Morgan fingerprint density at radius 2 is 1.27 bits per heavy atom. The minimum atomic E-state index is 0.630. The summed E-state index contributed by atoms with van der Waals surface area (Å²) in [6.07, 6.45) is 5.48. The molecule has 4 aromatic carbocycles. The molecule has 0 amide bonds. The minimum absolute atomic E-state index is 0.630. The maximum Gasteiger partial charge on any atom is 0.227 e. The van der Waals surface area contributed by atoms with E-state index in [1.165, 1.54) is 10.8 Å². The zero-order valence-electron chi connectivity index (χ0n) is 19.6. The van der Waals surface area contributed by atoms with E-state index in [1.807, 2.05) is 42.7 Å². The molecule has 0 unspecified atom stereocenters. The maximum atomic E-state index is 6.07. The molecule has 0 atom stereocenters. The summed E-state index contributed by atoms with van der Waals surface area (Å²) in [5, 5.41) is 6.42. The van der Waals surface area contributed by atoms with Crippen LogP contribution in [-0.4, -0.2) is 9.97 Å². The van der Waals surface area contributed by atoms with E-state index in [9.17, 15) is 0 Å². The highest BCUT2D eigenvalue weighted by Crippen LogP contribution is 2.40. The third-order valence-electron chi connectivity index (χ3n) is 6.98. The van der Waals surface area contributed by atoms with E-state index in [-0.39, 0.29) is 0 Å². The van der Waals surface area contributed by atoms with Gasteiger partial charge in [-0.3, -0.25) is 4.98 Å². The molecule has 0 aliphatic rings. The van der Waals surface area contributed by atoms with Gasteiger partial charge < -0.3 is 13.7 Å². The van der Waals surface area contributed by atoms with Crippen molar-refractivity contribution in [1.82, 2.24) is 9.97 Å². The van der Waals surface area contributed by atoms with Gasteiger partial charge in [0, 0.05) is 39.9 Å². The van der Waals surface area contributed by atoms with Gasteiger partial charge in [0.2, 0.25) is 5.71 Å². The van der Waals surface area contributed by atoms with E-state index < -0.39 is 0 Å². The lowest BCUT2D eigenvalue weighted by atomic mass is 10.1. The normalized spacial score (nSPS) is 11.8. The standard InChI is InChI=1S/C32H19N3O2/c1-2-6-21-15-22(10-9-20(21)5-1)35(23-11-12-30-26(16-23)28-19-33-14-13-31(28)36-30)24-17-27-25-7-3-4-8-29(25)37-32(27)34-18-24/h1-19H. The SMILES string of the molecule is c1ccc2cc(N(c3ccc4oc5ccncc5c4c3)c3cnc4oc5ccccc5c4c3)ccc2c1. The highest BCUT2D eigenvalue weighted by Gasteiger charge is 2.18. The van der Waals surface area contributed by atoms with Gasteiger partial charge in [0.05, 0.1) is 17.3 Å². The van der Waals surface area contributed by atoms with E-state index in [2.05, 4.69) is 76.6 Å². The first kappa shape index (κ1) is 20.1. The molecule has 0 aliphatic heterocycles. The van der Waals surface area contributed by atoms with Gasteiger partial charge in [0.15, 0.2) is 0 Å². The molecule has 8 aromatic rings. The second-order valence-corrected chi connectivity index (χ2v) is 9.17. The Bertz CT molecular complexity index is 2010. The second kappa shape index (κ2) is 7.67. The molecule has 0 radical (unpaired) electrons. The summed E-state index contributed by atoms with van der Waals surface area (Å²) in [4.78, 5) is 11.3. The van der Waals surface area contributed by atoms with Crippen LogP contribution in [-0.2, 0) is 0 Å². The highest BCUT2D eigenvalue weighted by atomic mass is 16.3. The molecule has 0 spiro atoms. The molecule has 4 heterocycles. The lowest BCUT2D eigenvalue weighted by Gasteiger charge is -2.25. The zero-order valence-corrected chi connectivity index (χ0v) is 19.6. The average molecular weight is 478 g/mol. The van der Waals surface area contributed by atoms with Gasteiger partial charge in [0.25, 0.3) is 0 Å². The number of pyridine rings is 2. The molecule has 0 aliphatic carbocycles. The monoisotopic (exact) mass is 477 g/mol. The number of hydrogen-bond donors (Lipinski definition) is 0. The molecular formula is C32H19N3O2. The number of furan rings is 2. The molecule has 37 heavy (non-hydrogen) atoms. The smallest absolute Gasteiger partial charge is 0.227 e. The lowest BCUT2D eigenvalue weighted by molar-refractivity contribution is 0.654. The third-order valence-corrected chi connectivity index (χ3v) is 6.98. The fraction of sp³-hybridized carbons (Fsp3) is 0. The van der Waals surface area contributed by atoms with Crippen molar-refractivity contribution in [2.75, 3.05) is 4.90 Å². The Labute approximate surface area is 211 Å². The summed E-state index contributed by atoms with van der Waals surface area (Å²) >= 11 is 0. The number of nitrogens with zero attached hydrogens (tertiary/aromatic N) is 3. The Hall–Kier alpha value is -5.16. The Morgan fingerprint density at radius 1 is 0.514 bits per heavy atom. The van der Waals surface area contributed by atoms with E-state index in [1.54, 1.807) is 6.20 Å². The van der Waals surface area contributed by atoms with Crippen LogP contribution in [0.2, 0.25) is 0 Å². The van der Waals surface area contributed by atoms with E-state index in [0.717, 1.165) is 55.4 Å². The van der Waals surface area contributed by atoms with Crippen LogP contribution in [0.15, 0.2) is 124 Å². The predicted octanol–water partition coefficient (Wildman–Crippen LogP) is 8.90. The molecule has 0 fully saturated rings. The van der Waals surface area contributed by atoms with Gasteiger partial charge in [-0.25, -0.2) is 4.98 Å². The number of hydrogen-bond acceptors (Lipinski definition) is 5. The van der Waals surface area contributed by atoms with E-state index in [0.29, 0.717) is 5.71 Å². The van der Waals surface area contributed by atoms with Crippen molar-refractivity contribution >= 4 is 71.8 Å². The van der Waals surface area contributed by atoms with Crippen LogP contribution in [0.5, 0.6) is 0 Å². The van der Waals surface area contributed by atoms with Gasteiger partial charge in [-0.2, -0.15) is 0 Å². The van der Waals surface area contributed by atoms with Crippen molar-refractivity contribution in [3.05, 3.63) is 116 Å². The van der Waals surface area contributed by atoms with Crippen molar-refractivity contribution in [2.45, 2.75) is 0 Å². The summed E-state index contributed by atoms with van der Waals surface area (Å²) in [5.41, 5.74) is 6.11. The maximum absolute atomic E-state index is 6.07. The Balaban J connectivity index is 1.40. The first-order valence-electron chi connectivity index (χ1n) is 12.1. The van der Waals surface area contributed by atoms with Crippen LogP contribution in [0.1, 0.15) is 0 Å². The lowest BCUT2D eigenvalue weighted by Crippen LogP contribution is -2.10. The molecular weight excluding hydrogens is 458 g/mol. The first-order chi connectivity index (χ1) is 18.3. The number of rotatable bonds is 3. The molecule has 8 rings (SSSR count). The number of para-hydroxylation sites is 1. The largest absolute Gasteiger partial charge is 0.456 e. The van der Waals surface area contributed by atoms with Gasteiger partial charge in [0.1, 0.15) is 16.7 Å². The summed E-state index contributed by atoms with van der Waals surface area (Å²) in [5.74, 6) is 0. The molecule has 4 aromatic heterocycles. The first-order valence-corrected chi connectivity index (χ1v) is 12.1. The van der Waals surface area contributed by atoms with Crippen LogP contribution in [0.3, 0.4) is 0 Å². The summed E-state index contributed by atoms with van der Waals surface area (Å²) < 4.78 is 12.1. The summed E-state index contributed by atoms with van der Waals surface area (Å²) in [6, 6.07) is 33.3. The molecule has 5 heteroatoms. The van der Waals surface area contributed by atoms with Crippen molar-refractivity contribution in [2.24, 2.45) is 0 Å². The van der Waals surface area contributed by atoms with Crippen LogP contribution in [0, 0.1) is 0 Å². The molecule has 0 saturated heterocycles. The molecule has 5 nitrogen and oxygen atoms in total. The van der Waals surface area contributed by atoms with Crippen LogP contribution >= 0.6 is 0 Å². The number of fused-ring (bicyclic) bond motifs is 7. The second-order valence-electron chi connectivity index (χ2n) is 9.17. The van der Waals surface area contributed by atoms with Gasteiger partial charge in [-0.05, 0) is 59.3 Å². The average Bonchev–Trinajstić information content (AvgIpc) is 3.51.